The fourth-order valence-electron chi connectivity index (χ4n) is 4.04. The topological polar surface area (TPSA) is 65.4 Å². The SMILES string of the molecule is O=c1[nH]c2c(c(-c3cccc4[nH]ncc34)c1-[n+]1ccccc1)CCCC2. The number of nitrogens with zero attached hydrogens (tertiary/aromatic N) is 2. The molecule has 5 nitrogen and oxygen atoms in total. The number of aromatic nitrogens is 4. The molecule has 128 valence electrons. The lowest BCUT2D eigenvalue weighted by Crippen LogP contribution is -2.38. The van der Waals surface area contributed by atoms with Gasteiger partial charge in [0.15, 0.2) is 12.4 Å². The van der Waals surface area contributed by atoms with Gasteiger partial charge in [-0.1, -0.05) is 18.2 Å². The number of rotatable bonds is 2. The Balaban J connectivity index is 1.92. The van der Waals surface area contributed by atoms with Crippen molar-refractivity contribution < 1.29 is 4.57 Å². The number of hydrogen-bond acceptors (Lipinski definition) is 2. The van der Waals surface area contributed by atoms with Crippen LogP contribution in [0.4, 0.5) is 0 Å². The maximum Gasteiger partial charge on any atom is 0.321 e. The minimum absolute atomic E-state index is 0.0441. The summed E-state index contributed by atoms with van der Waals surface area (Å²) in [4.78, 5) is 16.2. The summed E-state index contributed by atoms with van der Waals surface area (Å²) in [6, 6.07) is 12.0. The van der Waals surface area contributed by atoms with E-state index in [4.69, 9.17) is 0 Å². The minimum Gasteiger partial charge on any atom is -0.320 e. The van der Waals surface area contributed by atoms with Crippen LogP contribution in [0.1, 0.15) is 24.1 Å². The van der Waals surface area contributed by atoms with E-state index in [1.54, 1.807) is 0 Å². The Bertz CT molecular complexity index is 1160. The normalized spacial score (nSPS) is 13.7. The predicted molar refractivity (Wildman–Crippen MR) is 100 cm³/mol. The second-order valence-corrected chi connectivity index (χ2v) is 6.76. The molecule has 0 saturated carbocycles. The third-order valence-corrected chi connectivity index (χ3v) is 5.21. The Hall–Kier alpha value is -3.21. The van der Waals surface area contributed by atoms with E-state index in [0.29, 0.717) is 5.69 Å². The Morgan fingerprint density at radius 2 is 1.85 bits per heavy atom. The van der Waals surface area contributed by atoms with Gasteiger partial charge in [0.2, 0.25) is 0 Å². The number of aromatic amines is 2. The first-order valence-corrected chi connectivity index (χ1v) is 9.00. The van der Waals surface area contributed by atoms with Gasteiger partial charge in [-0.3, -0.25) is 9.89 Å². The first kappa shape index (κ1) is 15.1. The molecular weight excluding hydrogens is 324 g/mol. The number of nitrogens with one attached hydrogen (secondary N) is 2. The molecule has 0 unspecified atom stereocenters. The molecule has 5 heteroatoms. The summed E-state index contributed by atoms with van der Waals surface area (Å²) >= 11 is 0. The van der Waals surface area contributed by atoms with Crippen molar-refractivity contribution >= 4 is 10.9 Å². The lowest BCUT2D eigenvalue weighted by atomic mass is 9.87. The van der Waals surface area contributed by atoms with E-state index >= 15 is 0 Å². The number of aryl methyl sites for hydroxylation is 1. The van der Waals surface area contributed by atoms with Crippen LogP contribution < -0.4 is 10.1 Å². The number of benzene rings is 1. The lowest BCUT2D eigenvalue weighted by Gasteiger charge is -2.20. The predicted octanol–water partition coefficient (Wildman–Crippen LogP) is 3.07. The van der Waals surface area contributed by atoms with E-state index in [1.807, 2.05) is 53.5 Å². The molecule has 0 amide bonds. The third-order valence-electron chi connectivity index (χ3n) is 5.21. The third kappa shape index (κ3) is 2.28. The monoisotopic (exact) mass is 343 g/mol. The van der Waals surface area contributed by atoms with Crippen molar-refractivity contribution in [2.45, 2.75) is 25.7 Å². The van der Waals surface area contributed by atoms with Crippen LogP contribution in [-0.2, 0) is 12.8 Å². The summed E-state index contributed by atoms with van der Waals surface area (Å²) < 4.78 is 1.92. The maximum atomic E-state index is 13.1. The summed E-state index contributed by atoms with van der Waals surface area (Å²) in [5.41, 5.74) is 6.06. The Labute approximate surface area is 150 Å². The van der Waals surface area contributed by atoms with Crippen LogP contribution in [-0.4, -0.2) is 15.2 Å². The quantitative estimate of drug-likeness (QED) is 0.549. The molecular formula is C21H19N4O+. The van der Waals surface area contributed by atoms with Crippen molar-refractivity contribution in [1.82, 2.24) is 15.2 Å². The van der Waals surface area contributed by atoms with Gasteiger partial charge in [0, 0.05) is 23.2 Å². The van der Waals surface area contributed by atoms with Gasteiger partial charge in [-0.25, -0.2) is 0 Å². The molecule has 1 aliphatic carbocycles. The van der Waals surface area contributed by atoms with Crippen LogP contribution in [0.3, 0.4) is 0 Å². The molecule has 0 bridgehead atoms. The van der Waals surface area contributed by atoms with E-state index < -0.39 is 0 Å². The zero-order valence-corrected chi connectivity index (χ0v) is 14.3. The van der Waals surface area contributed by atoms with Gasteiger partial charge >= 0.3 is 5.56 Å². The smallest absolute Gasteiger partial charge is 0.320 e. The lowest BCUT2D eigenvalue weighted by molar-refractivity contribution is -0.596. The van der Waals surface area contributed by atoms with E-state index in [-0.39, 0.29) is 5.56 Å². The van der Waals surface area contributed by atoms with Crippen molar-refractivity contribution in [3.05, 3.63) is 76.6 Å². The first-order valence-electron chi connectivity index (χ1n) is 9.00. The van der Waals surface area contributed by atoms with Crippen molar-refractivity contribution in [2.75, 3.05) is 0 Å². The maximum absolute atomic E-state index is 13.1. The minimum atomic E-state index is -0.0441. The average molecular weight is 343 g/mol. The molecule has 0 radical (unpaired) electrons. The van der Waals surface area contributed by atoms with Crippen LogP contribution in [0.2, 0.25) is 0 Å². The van der Waals surface area contributed by atoms with Gasteiger partial charge in [0.05, 0.1) is 17.3 Å². The largest absolute Gasteiger partial charge is 0.321 e. The van der Waals surface area contributed by atoms with Gasteiger partial charge in [-0.15, -0.1) is 0 Å². The van der Waals surface area contributed by atoms with E-state index in [0.717, 1.165) is 53.4 Å². The van der Waals surface area contributed by atoms with Crippen molar-refractivity contribution in [1.29, 1.82) is 0 Å². The van der Waals surface area contributed by atoms with Gasteiger partial charge < -0.3 is 4.98 Å². The van der Waals surface area contributed by atoms with Crippen LogP contribution in [0.15, 0.2) is 59.8 Å². The van der Waals surface area contributed by atoms with Gasteiger partial charge in [0.1, 0.15) is 0 Å². The van der Waals surface area contributed by atoms with Crippen LogP contribution >= 0.6 is 0 Å². The fraction of sp³-hybridized carbons (Fsp3) is 0.190. The van der Waals surface area contributed by atoms with Gasteiger partial charge in [-0.05, 0) is 42.9 Å². The number of H-pyrrole nitrogens is 2. The number of pyridine rings is 2. The molecule has 3 heterocycles. The summed E-state index contributed by atoms with van der Waals surface area (Å²) in [7, 11) is 0. The molecule has 26 heavy (non-hydrogen) atoms. The zero-order chi connectivity index (χ0) is 17.5. The Morgan fingerprint density at radius 3 is 2.73 bits per heavy atom. The highest BCUT2D eigenvalue weighted by atomic mass is 16.1. The average Bonchev–Trinajstić information content (AvgIpc) is 3.16. The Kier molecular flexibility index (Phi) is 3.45. The molecule has 0 spiro atoms. The number of hydrogen-bond donors (Lipinski definition) is 2. The molecule has 0 saturated heterocycles. The van der Waals surface area contributed by atoms with Crippen LogP contribution in [0.25, 0.3) is 27.7 Å². The molecule has 3 aromatic heterocycles. The Morgan fingerprint density at radius 1 is 1.00 bits per heavy atom. The zero-order valence-electron chi connectivity index (χ0n) is 14.3. The first-order chi connectivity index (χ1) is 12.8. The van der Waals surface area contributed by atoms with Crippen molar-refractivity contribution in [2.24, 2.45) is 0 Å². The highest BCUT2D eigenvalue weighted by molar-refractivity contribution is 5.97. The second-order valence-electron chi connectivity index (χ2n) is 6.76. The molecule has 5 rings (SSSR count). The van der Waals surface area contributed by atoms with Crippen LogP contribution in [0.5, 0.6) is 0 Å². The summed E-state index contributed by atoms with van der Waals surface area (Å²) in [5.74, 6) is 0. The molecule has 0 atom stereocenters. The fourth-order valence-corrected chi connectivity index (χ4v) is 4.04. The number of fused-ring (bicyclic) bond motifs is 2. The van der Waals surface area contributed by atoms with Gasteiger partial charge in [0.25, 0.3) is 5.69 Å². The molecule has 1 aliphatic rings. The second kappa shape index (κ2) is 5.95. The highest BCUT2D eigenvalue weighted by Gasteiger charge is 2.27. The van der Waals surface area contributed by atoms with Crippen LogP contribution in [0, 0.1) is 0 Å². The highest BCUT2D eigenvalue weighted by Crippen LogP contribution is 2.35. The van der Waals surface area contributed by atoms with E-state index in [2.05, 4.69) is 21.2 Å². The standard InChI is InChI=1S/C21H18N4O/c26-21-20(25-11-4-1-5-12-25)19(15-7-2-3-9-17(15)23-21)14-8-6-10-18-16(14)13-22-24-18/h1,4-6,8,10-13H,2-3,7,9H2,(H-,22,23,24,26)/p+1. The summed E-state index contributed by atoms with van der Waals surface area (Å²) in [5, 5.41) is 8.29. The molecule has 4 aromatic rings. The summed E-state index contributed by atoms with van der Waals surface area (Å²) in [6.07, 6.45) is 9.88. The van der Waals surface area contributed by atoms with Crippen molar-refractivity contribution in [3.63, 3.8) is 0 Å². The van der Waals surface area contributed by atoms with Crippen molar-refractivity contribution in [3.8, 4) is 16.8 Å². The van der Waals surface area contributed by atoms with Gasteiger partial charge in [-0.2, -0.15) is 9.67 Å². The molecule has 0 aliphatic heterocycles. The molecule has 2 N–H and O–H groups in total. The van der Waals surface area contributed by atoms with E-state index in [9.17, 15) is 4.79 Å². The summed E-state index contributed by atoms with van der Waals surface area (Å²) in [6.45, 7) is 0. The molecule has 1 aromatic carbocycles. The van der Waals surface area contributed by atoms with E-state index in [1.165, 1.54) is 5.56 Å². The molecule has 0 fully saturated rings.